The maximum absolute atomic E-state index is 11.2. The Balaban J connectivity index is 2.13. The van der Waals surface area contributed by atoms with Crippen molar-refractivity contribution in [3.05, 3.63) is 36.3 Å². The van der Waals surface area contributed by atoms with Crippen molar-refractivity contribution in [2.24, 2.45) is 0 Å². The molecule has 3 heterocycles. The molecule has 0 atom stereocenters. The fourth-order valence-electron chi connectivity index (χ4n) is 2.19. The largest absolute Gasteiger partial charge is 0.359 e. The summed E-state index contributed by atoms with van der Waals surface area (Å²) in [7, 11) is 0. The van der Waals surface area contributed by atoms with Gasteiger partial charge in [-0.15, -0.1) is 0 Å². The number of anilines is 1. The average Bonchev–Trinajstić information content (AvgIpc) is 3.11. The number of hydroxylamine groups is 1. The van der Waals surface area contributed by atoms with E-state index >= 15 is 0 Å². The first-order valence-electron chi connectivity index (χ1n) is 6.35. The van der Waals surface area contributed by atoms with Gasteiger partial charge in [-0.3, -0.25) is 14.4 Å². The van der Waals surface area contributed by atoms with E-state index in [9.17, 15) is 4.79 Å². The summed E-state index contributed by atoms with van der Waals surface area (Å²) in [6.45, 7) is 1.87. The zero-order chi connectivity index (χ0) is 14.8. The first-order valence-corrected chi connectivity index (χ1v) is 6.35. The van der Waals surface area contributed by atoms with Crippen LogP contribution in [0.4, 0.5) is 5.82 Å². The number of hydrogen-bond donors (Lipinski definition) is 4. The normalized spacial score (nSPS) is 10.8. The number of carbonyl (C=O) groups is 1. The molecule has 0 bridgehead atoms. The van der Waals surface area contributed by atoms with Crippen LogP contribution in [-0.2, 0) is 4.79 Å². The third kappa shape index (κ3) is 2.32. The van der Waals surface area contributed by atoms with Crippen LogP contribution < -0.4 is 10.8 Å². The number of imidazole rings is 2. The van der Waals surface area contributed by atoms with Gasteiger partial charge in [-0.2, -0.15) is 0 Å². The molecule has 0 saturated carbocycles. The molecule has 0 spiro atoms. The molecule has 8 heteroatoms. The van der Waals surface area contributed by atoms with E-state index in [4.69, 9.17) is 5.21 Å². The van der Waals surface area contributed by atoms with Crippen LogP contribution in [0.5, 0.6) is 0 Å². The van der Waals surface area contributed by atoms with Gasteiger partial charge in [0, 0.05) is 18.1 Å². The lowest BCUT2D eigenvalue weighted by molar-refractivity contribution is -0.127. The lowest BCUT2D eigenvalue weighted by Crippen LogP contribution is -2.27. The van der Waals surface area contributed by atoms with Crippen LogP contribution in [0.2, 0.25) is 0 Å². The quantitative estimate of drug-likeness (QED) is 0.422. The monoisotopic (exact) mass is 286 g/mol. The molecule has 0 aliphatic heterocycles. The number of H-pyrrole nitrogens is 1. The van der Waals surface area contributed by atoms with Crippen molar-refractivity contribution < 1.29 is 10.0 Å². The van der Waals surface area contributed by atoms with Crippen molar-refractivity contribution in [1.82, 2.24) is 24.8 Å². The van der Waals surface area contributed by atoms with Gasteiger partial charge in [0.1, 0.15) is 11.3 Å². The van der Waals surface area contributed by atoms with Gasteiger partial charge in [0.15, 0.2) is 11.6 Å². The van der Waals surface area contributed by atoms with Crippen molar-refractivity contribution in [3.63, 3.8) is 0 Å². The van der Waals surface area contributed by atoms with Crippen molar-refractivity contribution in [2.75, 3.05) is 11.9 Å². The van der Waals surface area contributed by atoms with Gasteiger partial charge in [0.05, 0.1) is 6.54 Å². The molecule has 0 aliphatic carbocycles. The van der Waals surface area contributed by atoms with Gasteiger partial charge in [-0.25, -0.2) is 15.4 Å². The van der Waals surface area contributed by atoms with Gasteiger partial charge >= 0.3 is 0 Å². The zero-order valence-corrected chi connectivity index (χ0v) is 11.3. The molecule has 0 fully saturated rings. The summed E-state index contributed by atoms with van der Waals surface area (Å²) in [4.78, 5) is 22.9. The van der Waals surface area contributed by atoms with Gasteiger partial charge in [0.2, 0.25) is 0 Å². The van der Waals surface area contributed by atoms with Crippen LogP contribution in [0.1, 0.15) is 5.69 Å². The third-order valence-corrected chi connectivity index (χ3v) is 3.10. The maximum atomic E-state index is 11.2. The summed E-state index contributed by atoms with van der Waals surface area (Å²) >= 11 is 0. The van der Waals surface area contributed by atoms with Gasteiger partial charge in [-0.1, -0.05) is 6.07 Å². The molecule has 0 saturated heterocycles. The number of aromatic amines is 1. The average molecular weight is 286 g/mol. The standard InChI is InChI=1S/C13H14N6O2/c1-8-3-2-4-9-17-13(16-7-10(20)18-21)11(19(8)9)12-14-5-6-15-12/h2-6,16,21H,7H2,1H3,(H,14,15)(H,18,20). The molecule has 3 aromatic rings. The van der Waals surface area contributed by atoms with Gasteiger partial charge in [0.25, 0.3) is 5.91 Å². The highest BCUT2D eigenvalue weighted by Crippen LogP contribution is 2.27. The zero-order valence-electron chi connectivity index (χ0n) is 11.3. The molecule has 21 heavy (non-hydrogen) atoms. The number of nitrogens with one attached hydrogen (secondary N) is 3. The summed E-state index contributed by atoms with van der Waals surface area (Å²) in [5.41, 5.74) is 4.05. The molecule has 4 N–H and O–H groups in total. The molecular weight excluding hydrogens is 272 g/mol. The number of fused-ring (bicyclic) bond motifs is 1. The predicted octanol–water partition coefficient (Wildman–Crippen LogP) is 0.950. The smallest absolute Gasteiger partial charge is 0.262 e. The van der Waals surface area contributed by atoms with E-state index in [1.807, 2.05) is 29.5 Å². The Kier molecular flexibility index (Phi) is 3.28. The Morgan fingerprint density at radius 1 is 1.48 bits per heavy atom. The Bertz CT molecular complexity index is 777. The predicted molar refractivity (Wildman–Crippen MR) is 75.9 cm³/mol. The number of amides is 1. The van der Waals surface area contributed by atoms with E-state index in [0.717, 1.165) is 17.0 Å². The molecule has 1 amide bonds. The van der Waals surface area contributed by atoms with E-state index < -0.39 is 5.91 Å². The highest BCUT2D eigenvalue weighted by molar-refractivity contribution is 5.82. The Hall–Kier alpha value is -2.87. The number of aromatic nitrogens is 4. The summed E-state index contributed by atoms with van der Waals surface area (Å²) in [5.74, 6) is 0.612. The molecule has 108 valence electrons. The lowest BCUT2D eigenvalue weighted by atomic mass is 10.3. The number of carbonyl (C=O) groups excluding carboxylic acids is 1. The van der Waals surface area contributed by atoms with Crippen molar-refractivity contribution in [3.8, 4) is 11.5 Å². The summed E-state index contributed by atoms with van der Waals surface area (Å²) in [5, 5.41) is 11.5. The molecule has 8 nitrogen and oxygen atoms in total. The van der Waals surface area contributed by atoms with Crippen LogP contribution >= 0.6 is 0 Å². The number of hydrogen-bond acceptors (Lipinski definition) is 5. The highest BCUT2D eigenvalue weighted by atomic mass is 16.5. The van der Waals surface area contributed by atoms with E-state index in [2.05, 4.69) is 20.3 Å². The first kappa shape index (κ1) is 13.1. The van der Waals surface area contributed by atoms with E-state index in [-0.39, 0.29) is 6.54 Å². The second kappa shape index (κ2) is 5.25. The topological polar surface area (TPSA) is 107 Å². The number of aryl methyl sites for hydroxylation is 1. The van der Waals surface area contributed by atoms with Crippen LogP contribution in [0.15, 0.2) is 30.6 Å². The maximum Gasteiger partial charge on any atom is 0.262 e. The highest BCUT2D eigenvalue weighted by Gasteiger charge is 2.17. The second-order valence-corrected chi connectivity index (χ2v) is 4.50. The van der Waals surface area contributed by atoms with Crippen LogP contribution in [0.3, 0.4) is 0 Å². The molecule has 3 aromatic heterocycles. The van der Waals surface area contributed by atoms with Crippen LogP contribution in [0.25, 0.3) is 17.2 Å². The minimum absolute atomic E-state index is 0.0901. The molecular formula is C13H14N6O2. The number of pyridine rings is 1. The summed E-state index contributed by atoms with van der Waals surface area (Å²) < 4.78 is 1.94. The summed E-state index contributed by atoms with van der Waals surface area (Å²) in [6.07, 6.45) is 3.37. The SMILES string of the molecule is Cc1cccc2nc(NCC(=O)NO)c(-c3ncc[nH]3)n12. The van der Waals surface area contributed by atoms with Gasteiger partial charge in [-0.05, 0) is 19.1 Å². The van der Waals surface area contributed by atoms with Crippen molar-refractivity contribution in [1.29, 1.82) is 0 Å². The molecule has 0 radical (unpaired) electrons. The van der Waals surface area contributed by atoms with E-state index in [1.54, 1.807) is 17.9 Å². The lowest BCUT2D eigenvalue weighted by Gasteiger charge is -2.06. The fourth-order valence-corrected chi connectivity index (χ4v) is 2.19. The van der Waals surface area contributed by atoms with E-state index in [0.29, 0.717) is 11.6 Å². The molecule has 0 unspecified atom stereocenters. The Morgan fingerprint density at radius 3 is 3.05 bits per heavy atom. The van der Waals surface area contributed by atoms with E-state index in [1.165, 1.54) is 0 Å². The molecule has 3 rings (SSSR count). The first-order chi connectivity index (χ1) is 10.2. The molecule has 0 aliphatic rings. The Morgan fingerprint density at radius 2 is 2.33 bits per heavy atom. The third-order valence-electron chi connectivity index (χ3n) is 3.10. The fraction of sp³-hybridized carbons (Fsp3) is 0.154. The second-order valence-electron chi connectivity index (χ2n) is 4.50. The summed E-state index contributed by atoms with van der Waals surface area (Å²) in [6, 6.07) is 5.75. The number of rotatable bonds is 4. The minimum atomic E-state index is -0.547. The minimum Gasteiger partial charge on any atom is -0.359 e. The Labute approximate surface area is 119 Å². The van der Waals surface area contributed by atoms with Gasteiger partial charge < -0.3 is 10.3 Å². The molecule has 0 aromatic carbocycles. The van der Waals surface area contributed by atoms with Crippen LogP contribution in [0, 0.1) is 6.92 Å². The van der Waals surface area contributed by atoms with Crippen molar-refractivity contribution in [2.45, 2.75) is 6.92 Å². The number of nitrogens with zero attached hydrogens (tertiary/aromatic N) is 3. The van der Waals surface area contributed by atoms with Crippen LogP contribution in [-0.4, -0.2) is 37.0 Å². The van der Waals surface area contributed by atoms with Crippen molar-refractivity contribution >= 4 is 17.4 Å².